The average Bonchev–Trinajstić information content (AvgIpc) is 3.21. The number of hydrogen-bond donors (Lipinski definition) is 7. The molecule has 1 aliphatic rings. The van der Waals surface area contributed by atoms with Crippen molar-refractivity contribution < 1.29 is 44.9 Å². The van der Waals surface area contributed by atoms with Gasteiger partial charge in [0.25, 0.3) is 0 Å². The lowest BCUT2D eigenvalue weighted by molar-refractivity contribution is -0.302. The maximum atomic E-state index is 13.0. The van der Waals surface area contributed by atoms with E-state index in [9.17, 15) is 35.4 Å². The fourth-order valence-electron chi connectivity index (χ4n) is 7.26. The summed E-state index contributed by atoms with van der Waals surface area (Å²) in [5.74, 6) is -0.619. The van der Waals surface area contributed by atoms with Crippen molar-refractivity contribution in [3.05, 3.63) is 36.5 Å². The van der Waals surface area contributed by atoms with Crippen molar-refractivity contribution in [1.29, 1.82) is 0 Å². The van der Waals surface area contributed by atoms with Crippen LogP contribution in [0.2, 0.25) is 0 Å². The molecule has 0 aromatic rings. The molecular formula is C47H87NO9. The number of rotatable bonds is 38. The van der Waals surface area contributed by atoms with Crippen LogP contribution in [0.15, 0.2) is 36.5 Å². The highest BCUT2D eigenvalue weighted by atomic mass is 16.7. The van der Waals surface area contributed by atoms with E-state index in [0.29, 0.717) is 12.8 Å². The average molecular weight is 810 g/mol. The van der Waals surface area contributed by atoms with Crippen LogP contribution < -0.4 is 5.32 Å². The number of aliphatic hydroxyl groups excluding tert-OH is 6. The van der Waals surface area contributed by atoms with Gasteiger partial charge in [-0.2, -0.15) is 0 Å². The van der Waals surface area contributed by atoms with Crippen LogP contribution in [0.1, 0.15) is 194 Å². The number of allylic oxidation sites excluding steroid dienone is 5. The minimum absolute atomic E-state index is 0.305. The Hall–Kier alpha value is -1.63. The molecule has 1 amide bonds. The first-order valence-corrected chi connectivity index (χ1v) is 23.3. The first-order valence-electron chi connectivity index (χ1n) is 23.3. The molecule has 1 fully saturated rings. The first-order chi connectivity index (χ1) is 27.8. The Kier molecular flexibility index (Phi) is 35.0. The Labute approximate surface area is 347 Å². The number of ether oxygens (including phenoxy) is 2. The topological polar surface area (TPSA) is 169 Å². The smallest absolute Gasteiger partial charge is 0.249 e. The van der Waals surface area contributed by atoms with Crippen molar-refractivity contribution in [3.63, 3.8) is 0 Å². The van der Waals surface area contributed by atoms with Gasteiger partial charge in [-0.05, 0) is 44.9 Å². The zero-order chi connectivity index (χ0) is 41.8. The van der Waals surface area contributed by atoms with E-state index in [4.69, 9.17) is 9.47 Å². The fourth-order valence-corrected chi connectivity index (χ4v) is 7.26. The quantitative estimate of drug-likeness (QED) is 0.0239. The summed E-state index contributed by atoms with van der Waals surface area (Å²) in [4.78, 5) is 13.0. The molecule has 1 aliphatic heterocycles. The molecule has 0 spiro atoms. The Morgan fingerprint density at radius 1 is 0.632 bits per heavy atom. The minimum atomic E-state index is -1.61. The summed E-state index contributed by atoms with van der Waals surface area (Å²) in [6.45, 7) is 3.49. The zero-order valence-electron chi connectivity index (χ0n) is 36.2. The SMILES string of the molecule is CC/C=C\C/C=C\CCCCCCCCCCCCCCCC(O)C(=O)NC(COC1OC(CO)C(O)C(O)C1O)C(O)/C=C/CCCCCCCCCCCC. The summed E-state index contributed by atoms with van der Waals surface area (Å²) in [6, 6.07) is -0.978. The maximum Gasteiger partial charge on any atom is 0.249 e. The van der Waals surface area contributed by atoms with Gasteiger partial charge in [0.1, 0.15) is 30.5 Å². The summed E-state index contributed by atoms with van der Waals surface area (Å²) < 4.78 is 11.1. The Morgan fingerprint density at radius 3 is 1.65 bits per heavy atom. The molecule has 0 radical (unpaired) electrons. The highest BCUT2D eigenvalue weighted by Gasteiger charge is 2.44. The van der Waals surface area contributed by atoms with Gasteiger partial charge in [-0.25, -0.2) is 0 Å². The minimum Gasteiger partial charge on any atom is -0.394 e. The second-order valence-electron chi connectivity index (χ2n) is 16.3. The summed E-state index contributed by atoms with van der Waals surface area (Å²) in [5.41, 5.74) is 0. The van der Waals surface area contributed by atoms with Gasteiger partial charge in [-0.15, -0.1) is 0 Å². The van der Waals surface area contributed by atoms with Gasteiger partial charge >= 0.3 is 0 Å². The van der Waals surface area contributed by atoms with Crippen LogP contribution in [0.3, 0.4) is 0 Å². The Balaban J connectivity index is 2.36. The lowest BCUT2D eigenvalue weighted by Gasteiger charge is -2.40. The number of hydrogen-bond acceptors (Lipinski definition) is 9. The molecule has 0 saturated carbocycles. The normalized spacial score (nSPS) is 21.9. The van der Waals surface area contributed by atoms with Crippen LogP contribution in [0, 0.1) is 0 Å². The molecule has 7 N–H and O–H groups in total. The summed E-state index contributed by atoms with van der Waals surface area (Å²) >= 11 is 0. The summed E-state index contributed by atoms with van der Waals surface area (Å²) in [6.07, 6.45) is 35.2. The van der Waals surface area contributed by atoms with Crippen LogP contribution in [-0.2, 0) is 14.3 Å². The second kappa shape index (κ2) is 37.4. The van der Waals surface area contributed by atoms with Crippen LogP contribution >= 0.6 is 0 Å². The number of amides is 1. The molecule has 0 bridgehead atoms. The van der Waals surface area contributed by atoms with Gasteiger partial charge in [0.15, 0.2) is 6.29 Å². The monoisotopic (exact) mass is 810 g/mol. The van der Waals surface area contributed by atoms with E-state index in [1.165, 1.54) is 116 Å². The van der Waals surface area contributed by atoms with Crippen LogP contribution in [0.25, 0.3) is 0 Å². The Morgan fingerprint density at radius 2 is 1.12 bits per heavy atom. The van der Waals surface area contributed by atoms with Gasteiger partial charge < -0.3 is 45.4 Å². The number of nitrogens with one attached hydrogen (secondary N) is 1. The molecule has 10 heteroatoms. The molecule has 1 saturated heterocycles. The third-order valence-electron chi connectivity index (χ3n) is 11.1. The van der Waals surface area contributed by atoms with Gasteiger partial charge in [-0.3, -0.25) is 4.79 Å². The van der Waals surface area contributed by atoms with E-state index >= 15 is 0 Å². The van der Waals surface area contributed by atoms with Crippen molar-refractivity contribution in [2.75, 3.05) is 13.2 Å². The number of unbranched alkanes of at least 4 members (excludes halogenated alkanes) is 23. The number of carbonyl (C=O) groups is 1. The van der Waals surface area contributed by atoms with Crippen molar-refractivity contribution >= 4 is 5.91 Å². The number of aliphatic hydroxyl groups is 6. The molecule has 334 valence electrons. The molecule has 57 heavy (non-hydrogen) atoms. The largest absolute Gasteiger partial charge is 0.394 e. The molecule has 1 heterocycles. The van der Waals surface area contributed by atoms with Crippen LogP contribution in [-0.4, -0.2) is 98.7 Å². The maximum absolute atomic E-state index is 13.0. The van der Waals surface area contributed by atoms with Gasteiger partial charge in [-0.1, -0.05) is 185 Å². The van der Waals surface area contributed by atoms with Crippen molar-refractivity contribution in [3.8, 4) is 0 Å². The molecule has 8 atom stereocenters. The molecule has 0 aromatic heterocycles. The highest BCUT2D eigenvalue weighted by molar-refractivity contribution is 5.80. The van der Waals surface area contributed by atoms with Crippen molar-refractivity contribution in [2.24, 2.45) is 0 Å². The Bertz CT molecular complexity index is 1010. The summed E-state index contributed by atoms with van der Waals surface area (Å²) in [5, 5.41) is 64.6. The standard InChI is InChI=1S/C47H87NO9/c1-3-5-7-9-11-13-15-17-18-19-20-21-22-23-24-26-28-30-32-34-36-41(51)46(55)48-39(38-56-47-45(54)44(53)43(52)42(37-49)57-47)40(50)35-33-31-29-27-25-16-14-12-10-8-6-4-2/h5,7,11,13,33,35,39-45,47,49-54H,3-4,6,8-10,12,14-32,34,36-38H2,1-2H3,(H,48,55)/b7-5-,13-11-,35-33+. The molecule has 0 aromatic carbocycles. The van der Waals surface area contributed by atoms with E-state index in [1.54, 1.807) is 6.08 Å². The van der Waals surface area contributed by atoms with E-state index in [2.05, 4.69) is 43.5 Å². The lowest BCUT2D eigenvalue weighted by Crippen LogP contribution is -2.60. The fraction of sp³-hybridized carbons (Fsp3) is 0.851. The molecular weight excluding hydrogens is 723 g/mol. The van der Waals surface area contributed by atoms with E-state index in [-0.39, 0.29) is 6.61 Å². The van der Waals surface area contributed by atoms with Crippen molar-refractivity contribution in [2.45, 2.75) is 243 Å². The lowest BCUT2D eigenvalue weighted by atomic mass is 9.99. The third kappa shape index (κ3) is 27.7. The second-order valence-corrected chi connectivity index (χ2v) is 16.3. The zero-order valence-corrected chi connectivity index (χ0v) is 36.2. The van der Waals surface area contributed by atoms with Crippen LogP contribution in [0.4, 0.5) is 0 Å². The molecule has 8 unspecified atom stereocenters. The first kappa shape index (κ1) is 53.4. The van der Waals surface area contributed by atoms with Gasteiger partial charge in [0.05, 0.1) is 25.4 Å². The third-order valence-corrected chi connectivity index (χ3v) is 11.1. The number of carbonyl (C=O) groups excluding carboxylic acids is 1. The molecule has 0 aliphatic carbocycles. The predicted molar refractivity (Wildman–Crippen MR) is 232 cm³/mol. The van der Waals surface area contributed by atoms with E-state index in [0.717, 1.165) is 51.4 Å². The van der Waals surface area contributed by atoms with Crippen LogP contribution in [0.5, 0.6) is 0 Å². The summed E-state index contributed by atoms with van der Waals surface area (Å²) in [7, 11) is 0. The van der Waals surface area contributed by atoms with Gasteiger partial charge in [0, 0.05) is 0 Å². The highest BCUT2D eigenvalue weighted by Crippen LogP contribution is 2.23. The molecule has 10 nitrogen and oxygen atoms in total. The molecule has 1 rings (SSSR count). The van der Waals surface area contributed by atoms with Gasteiger partial charge in [0.2, 0.25) is 5.91 Å². The van der Waals surface area contributed by atoms with E-state index in [1.807, 2.05) is 6.08 Å². The van der Waals surface area contributed by atoms with E-state index < -0.39 is 61.5 Å². The predicted octanol–water partition coefficient (Wildman–Crippen LogP) is 8.64. The van der Waals surface area contributed by atoms with Crippen molar-refractivity contribution in [1.82, 2.24) is 5.32 Å².